The quantitative estimate of drug-likeness (QED) is 0.703. The Labute approximate surface area is 141 Å². The van der Waals surface area contributed by atoms with Crippen LogP contribution in [0.5, 0.6) is 0 Å². The summed E-state index contributed by atoms with van der Waals surface area (Å²) in [5.41, 5.74) is 0. The zero-order chi connectivity index (χ0) is 17.1. The Morgan fingerprint density at radius 2 is 0.958 bits per heavy atom. The zero-order valence-electron chi connectivity index (χ0n) is 13.1. The Balaban J connectivity index is 2.45. The van der Waals surface area contributed by atoms with Gasteiger partial charge in [-0.1, -0.05) is 0 Å². The predicted octanol–water partition coefficient (Wildman–Crippen LogP) is 2.51. The van der Waals surface area contributed by atoms with Crippen LogP contribution >= 0.6 is 6.83 Å². The van der Waals surface area contributed by atoms with E-state index in [0.717, 1.165) is 0 Å². The first-order valence-electron chi connectivity index (χ1n) is 7.70. The molecule has 0 aliphatic rings. The van der Waals surface area contributed by atoms with Gasteiger partial charge in [0.1, 0.15) is 0 Å². The molecule has 0 heterocycles. The SMILES string of the molecule is O=C(O)CP(O)(c1ccccc1)(c1ccccc1)c1ccccc1. The molecule has 2 N–H and O–H groups in total. The third kappa shape index (κ3) is 2.52. The maximum atomic E-state index is 12.3. The molecule has 0 aliphatic heterocycles. The molecular formula is C20H19O3P. The normalized spacial score (nSPS) is 13.0. The van der Waals surface area contributed by atoms with Crippen LogP contribution in [-0.2, 0) is 4.79 Å². The molecule has 0 saturated carbocycles. The number of hydrogen-bond acceptors (Lipinski definition) is 2. The first-order chi connectivity index (χ1) is 11.6. The van der Waals surface area contributed by atoms with Gasteiger partial charge in [0.15, 0.2) is 0 Å². The number of hydrogen-bond donors (Lipinski definition) is 2. The summed E-state index contributed by atoms with van der Waals surface area (Å²) in [4.78, 5) is 24.1. The minimum atomic E-state index is -4.10. The fourth-order valence-corrected chi connectivity index (χ4v) is 7.64. The van der Waals surface area contributed by atoms with Gasteiger partial charge >= 0.3 is 141 Å². The summed E-state index contributed by atoms with van der Waals surface area (Å²) in [6.45, 7) is -4.10. The number of carbonyl (C=O) groups is 1. The van der Waals surface area contributed by atoms with E-state index >= 15 is 0 Å². The van der Waals surface area contributed by atoms with E-state index in [1.54, 1.807) is 0 Å². The van der Waals surface area contributed by atoms with E-state index in [1.165, 1.54) is 0 Å². The van der Waals surface area contributed by atoms with Crippen LogP contribution in [0, 0.1) is 0 Å². The van der Waals surface area contributed by atoms with Crippen molar-refractivity contribution in [2.45, 2.75) is 0 Å². The van der Waals surface area contributed by atoms with Crippen LogP contribution in [-0.4, -0.2) is 22.1 Å². The number of rotatable bonds is 5. The third-order valence-electron chi connectivity index (χ3n) is 4.38. The molecule has 3 nitrogen and oxygen atoms in total. The summed E-state index contributed by atoms with van der Waals surface area (Å²) in [5, 5.41) is 11.6. The second-order valence-electron chi connectivity index (χ2n) is 5.81. The van der Waals surface area contributed by atoms with Gasteiger partial charge in [-0.3, -0.25) is 0 Å². The second kappa shape index (κ2) is 6.20. The molecule has 0 radical (unpaired) electrons. The van der Waals surface area contributed by atoms with E-state index in [1.807, 2.05) is 91.0 Å². The van der Waals surface area contributed by atoms with Crippen LogP contribution in [0.15, 0.2) is 91.0 Å². The molecule has 24 heavy (non-hydrogen) atoms. The number of carboxylic acids is 1. The topological polar surface area (TPSA) is 57.5 Å². The monoisotopic (exact) mass is 338 g/mol. The van der Waals surface area contributed by atoms with E-state index in [0.29, 0.717) is 15.9 Å². The molecule has 0 aromatic heterocycles. The van der Waals surface area contributed by atoms with Crippen molar-refractivity contribution in [3.63, 3.8) is 0 Å². The molecule has 4 heteroatoms. The third-order valence-corrected chi connectivity index (χ3v) is 9.50. The molecule has 0 fully saturated rings. The molecule has 3 aromatic carbocycles. The standard InChI is InChI=1S/C20H19O3P/c21-20(22)16-24(23,17-10-4-1-5-11-17,18-12-6-2-7-13-18)19-14-8-3-9-15-19/h1-15,23H,16H2,(H,21,22). The van der Waals surface area contributed by atoms with Crippen molar-refractivity contribution in [1.82, 2.24) is 0 Å². The van der Waals surface area contributed by atoms with Crippen LogP contribution in [0.3, 0.4) is 0 Å². The summed E-state index contributed by atoms with van der Waals surface area (Å²) in [6.07, 6.45) is -0.344. The van der Waals surface area contributed by atoms with E-state index in [4.69, 9.17) is 0 Å². The number of carboxylic acid groups (broad SMARTS) is 1. The van der Waals surface area contributed by atoms with Gasteiger partial charge in [-0.05, 0) is 0 Å². The van der Waals surface area contributed by atoms with E-state index < -0.39 is 12.8 Å². The zero-order valence-corrected chi connectivity index (χ0v) is 14.0. The van der Waals surface area contributed by atoms with Crippen molar-refractivity contribution < 1.29 is 14.8 Å². The minimum absolute atomic E-state index is 0.344. The van der Waals surface area contributed by atoms with Gasteiger partial charge in [0.25, 0.3) is 0 Å². The fraction of sp³-hybridized carbons (Fsp3) is 0.0500. The molecular weight excluding hydrogens is 319 g/mol. The summed E-state index contributed by atoms with van der Waals surface area (Å²) < 4.78 is 0. The predicted molar refractivity (Wildman–Crippen MR) is 99.9 cm³/mol. The Kier molecular flexibility index (Phi) is 4.23. The molecule has 0 amide bonds. The molecule has 3 aromatic rings. The second-order valence-corrected chi connectivity index (χ2v) is 10.2. The van der Waals surface area contributed by atoms with Crippen LogP contribution in [0.2, 0.25) is 0 Å². The van der Waals surface area contributed by atoms with Crippen molar-refractivity contribution in [2.24, 2.45) is 0 Å². The van der Waals surface area contributed by atoms with Crippen molar-refractivity contribution in [3.05, 3.63) is 91.0 Å². The van der Waals surface area contributed by atoms with Crippen molar-refractivity contribution in [2.75, 3.05) is 6.16 Å². The first-order valence-corrected chi connectivity index (χ1v) is 10.1. The van der Waals surface area contributed by atoms with Gasteiger partial charge < -0.3 is 0 Å². The molecule has 0 bridgehead atoms. The summed E-state index contributed by atoms with van der Waals surface area (Å²) in [5.74, 6) is -1.02. The van der Waals surface area contributed by atoms with E-state index in [-0.39, 0.29) is 6.16 Å². The van der Waals surface area contributed by atoms with Crippen molar-refractivity contribution in [3.8, 4) is 0 Å². The Morgan fingerprint density at radius 3 is 1.21 bits per heavy atom. The van der Waals surface area contributed by atoms with Crippen LogP contribution < -0.4 is 15.9 Å². The molecule has 0 saturated heterocycles. The van der Waals surface area contributed by atoms with E-state index in [9.17, 15) is 14.8 Å². The van der Waals surface area contributed by atoms with Gasteiger partial charge in [0.2, 0.25) is 0 Å². The van der Waals surface area contributed by atoms with Gasteiger partial charge in [-0.15, -0.1) is 0 Å². The average Bonchev–Trinajstić information content (AvgIpc) is 2.63. The molecule has 0 aliphatic carbocycles. The van der Waals surface area contributed by atoms with Crippen LogP contribution in [0.4, 0.5) is 0 Å². The van der Waals surface area contributed by atoms with Crippen molar-refractivity contribution >= 4 is 28.7 Å². The van der Waals surface area contributed by atoms with Crippen LogP contribution in [0.25, 0.3) is 0 Å². The Hall–Kier alpha value is -2.48. The van der Waals surface area contributed by atoms with Gasteiger partial charge in [0, 0.05) is 0 Å². The summed E-state index contributed by atoms with van der Waals surface area (Å²) in [7, 11) is 0. The summed E-state index contributed by atoms with van der Waals surface area (Å²) in [6, 6.07) is 27.5. The first kappa shape index (κ1) is 16.4. The fourth-order valence-electron chi connectivity index (χ4n) is 3.23. The van der Waals surface area contributed by atoms with E-state index in [2.05, 4.69) is 0 Å². The van der Waals surface area contributed by atoms with Crippen molar-refractivity contribution in [1.29, 1.82) is 0 Å². The molecule has 122 valence electrons. The average molecular weight is 338 g/mol. The Bertz CT molecular complexity index is 733. The molecule has 0 atom stereocenters. The van der Waals surface area contributed by atoms with Gasteiger partial charge in [-0.25, -0.2) is 0 Å². The number of aliphatic carboxylic acids is 1. The molecule has 0 spiro atoms. The Morgan fingerprint density at radius 1 is 0.667 bits per heavy atom. The number of benzene rings is 3. The summed E-state index contributed by atoms with van der Waals surface area (Å²) >= 11 is 0. The molecule has 0 unspecified atom stereocenters. The van der Waals surface area contributed by atoms with Crippen LogP contribution in [0.1, 0.15) is 0 Å². The van der Waals surface area contributed by atoms with Gasteiger partial charge in [-0.2, -0.15) is 0 Å². The van der Waals surface area contributed by atoms with Gasteiger partial charge in [0.05, 0.1) is 0 Å². The molecule has 3 rings (SSSR count). The maximum absolute atomic E-state index is 12.3.